The van der Waals surface area contributed by atoms with Crippen LogP contribution in [0.25, 0.3) is 0 Å². The first kappa shape index (κ1) is 15.0. The maximum absolute atomic E-state index is 11.3. The Morgan fingerprint density at radius 2 is 1.94 bits per heavy atom. The van der Waals surface area contributed by atoms with Gasteiger partial charge in [0.2, 0.25) is 0 Å². The lowest BCUT2D eigenvalue weighted by Gasteiger charge is -2.15. The highest BCUT2D eigenvalue weighted by molar-refractivity contribution is 5.90. The molecule has 0 heterocycles. The first-order valence-electron chi connectivity index (χ1n) is 5.21. The molecule has 0 bridgehead atoms. The second-order valence-corrected chi connectivity index (χ2v) is 4.00. The lowest BCUT2D eigenvalue weighted by atomic mass is 10.1. The molecule has 94 valence electrons. The second-order valence-electron chi connectivity index (χ2n) is 4.00. The quantitative estimate of drug-likeness (QED) is 0.401. The Hall–Kier alpha value is -0.980. The van der Waals surface area contributed by atoms with Gasteiger partial charge in [0.1, 0.15) is 12.1 Å². The highest BCUT2D eigenvalue weighted by atomic mass is 16.6. The molecule has 16 heavy (non-hydrogen) atoms. The number of aliphatic hydroxyl groups excluding tert-OH is 1. The van der Waals surface area contributed by atoms with Gasteiger partial charge in [-0.2, -0.15) is 0 Å². The van der Waals surface area contributed by atoms with Crippen molar-refractivity contribution in [3.8, 4) is 0 Å². The summed E-state index contributed by atoms with van der Waals surface area (Å²) >= 11 is 0. The molecule has 0 saturated heterocycles. The van der Waals surface area contributed by atoms with Crippen LogP contribution in [0, 0.1) is 5.92 Å². The van der Waals surface area contributed by atoms with Crippen molar-refractivity contribution in [2.45, 2.75) is 32.4 Å². The van der Waals surface area contributed by atoms with Gasteiger partial charge in [-0.1, -0.05) is 13.8 Å². The molecule has 0 rings (SSSR count). The molecule has 0 saturated carbocycles. The SMILES string of the molecule is CN[C@@H](CO)C(=O)OC(=O)[C@H](N)CC(C)C. The number of rotatable bonds is 6. The van der Waals surface area contributed by atoms with E-state index in [0.717, 1.165) is 0 Å². The first-order valence-corrected chi connectivity index (χ1v) is 5.21. The van der Waals surface area contributed by atoms with Crippen LogP contribution in [0.5, 0.6) is 0 Å². The van der Waals surface area contributed by atoms with Crippen LogP contribution >= 0.6 is 0 Å². The monoisotopic (exact) mass is 232 g/mol. The van der Waals surface area contributed by atoms with Crippen LogP contribution < -0.4 is 11.1 Å². The molecule has 0 radical (unpaired) electrons. The number of aliphatic hydroxyl groups is 1. The molecule has 0 aromatic carbocycles. The molecule has 0 amide bonds. The summed E-state index contributed by atoms with van der Waals surface area (Å²) < 4.78 is 4.53. The number of carbonyl (C=O) groups is 2. The van der Waals surface area contributed by atoms with E-state index < -0.39 is 30.6 Å². The van der Waals surface area contributed by atoms with Crippen LogP contribution in [0.4, 0.5) is 0 Å². The number of ether oxygens (including phenoxy) is 1. The van der Waals surface area contributed by atoms with Crippen LogP contribution in [0.2, 0.25) is 0 Å². The van der Waals surface area contributed by atoms with Crippen LogP contribution in [0.15, 0.2) is 0 Å². The third kappa shape index (κ3) is 5.20. The molecule has 0 aliphatic heterocycles. The van der Waals surface area contributed by atoms with Gasteiger partial charge in [-0.3, -0.25) is 0 Å². The van der Waals surface area contributed by atoms with Crippen LogP contribution in [-0.4, -0.2) is 42.8 Å². The zero-order chi connectivity index (χ0) is 12.7. The smallest absolute Gasteiger partial charge is 0.333 e. The van der Waals surface area contributed by atoms with Crippen molar-refractivity contribution in [3.05, 3.63) is 0 Å². The maximum Gasteiger partial charge on any atom is 0.333 e. The molecule has 0 unspecified atom stereocenters. The molecule has 0 aromatic heterocycles. The predicted molar refractivity (Wildman–Crippen MR) is 58.5 cm³/mol. The summed E-state index contributed by atoms with van der Waals surface area (Å²) in [5.74, 6) is -1.32. The molecule has 0 aromatic rings. The van der Waals surface area contributed by atoms with Gasteiger partial charge in [-0.15, -0.1) is 0 Å². The fourth-order valence-electron chi connectivity index (χ4n) is 1.13. The lowest BCUT2D eigenvalue weighted by molar-refractivity contribution is -0.162. The second kappa shape index (κ2) is 7.32. The fraction of sp³-hybridized carbons (Fsp3) is 0.800. The molecular weight excluding hydrogens is 212 g/mol. The number of carbonyl (C=O) groups excluding carboxylic acids is 2. The maximum atomic E-state index is 11.3. The van der Waals surface area contributed by atoms with Crippen molar-refractivity contribution in [1.82, 2.24) is 5.32 Å². The summed E-state index contributed by atoms with van der Waals surface area (Å²) in [5, 5.41) is 11.3. The van der Waals surface area contributed by atoms with E-state index in [9.17, 15) is 9.59 Å². The third-order valence-corrected chi connectivity index (χ3v) is 2.04. The summed E-state index contributed by atoms with van der Waals surface area (Å²) in [5.41, 5.74) is 5.54. The van der Waals surface area contributed by atoms with Crippen molar-refractivity contribution < 1.29 is 19.4 Å². The van der Waals surface area contributed by atoms with Crippen LogP contribution in [0.3, 0.4) is 0 Å². The predicted octanol–water partition coefficient (Wildman–Crippen LogP) is -0.990. The van der Waals surface area contributed by atoms with E-state index >= 15 is 0 Å². The summed E-state index contributed by atoms with van der Waals surface area (Å²) in [6, 6.07) is -1.70. The minimum atomic E-state index is -0.893. The molecule has 0 aliphatic carbocycles. The molecule has 0 aliphatic rings. The molecular formula is C10H20N2O4. The number of nitrogens with one attached hydrogen (secondary N) is 1. The minimum Gasteiger partial charge on any atom is -0.394 e. The van der Waals surface area contributed by atoms with Gasteiger partial charge in [-0.05, 0) is 19.4 Å². The van der Waals surface area contributed by atoms with E-state index in [1.54, 1.807) is 0 Å². The van der Waals surface area contributed by atoms with E-state index in [1.165, 1.54) is 7.05 Å². The van der Waals surface area contributed by atoms with Crippen molar-refractivity contribution in [2.75, 3.05) is 13.7 Å². The first-order chi connectivity index (χ1) is 7.42. The molecule has 0 fully saturated rings. The average molecular weight is 232 g/mol. The Morgan fingerprint density at radius 1 is 1.38 bits per heavy atom. The highest BCUT2D eigenvalue weighted by Gasteiger charge is 2.24. The number of nitrogens with two attached hydrogens (primary N) is 1. The summed E-state index contributed by atoms with van der Waals surface area (Å²) in [6.07, 6.45) is 0.454. The third-order valence-electron chi connectivity index (χ3n) is 2.04. The van der Waals surface area contributed by atoms with E-state index in [4.69, 9.17) is 10.8 Å². The summed E-state index contributed by atoms with van der Waals surface area (Å²) in [7, 11) is 1.49. The highest BCUT2D eigenvalue weighted by Crippen LogP contribution is 2.04. The van der Waals surface area contributed by atoms with Gasteiger partial charge >= 0.3 is 11.9 Å². The average Bonchev–Trinajstić information content (AvgIpc) is 2.18. The Morgan fingerprint density at radius 3 is 2.31 bits per heavy atom. The Labute approximate surface area is 95.1 Å². The largest absolute Gasteiger partial charge is 0.394 e. The van der Waals surface area contributed by atoms with E-state index in [1.807, 2.05) is 13.8 Å². The summed E-state index contributed by atoms with van der Waals surface area (Å²) in [4.78, 5) is 22.6. The van der Waals surface area contributed by atoms with Crippen molar-refractivity contribution in [1.29, 1.82) is 0 Å². The number of esters is 2. The van der Waals surface area contributed by atoms with Crippen molar-refractivity contribution >= 4 is 11.9 Å². The van der Waals surface area contributed by atoms with E-state index in [2.05, 4.69) is 10.1 Å². The van der Waals surface area contributed by atoms with Crippen LogP contribution in [-0.2, 0) is 14.3 Å². The fourth-order valence-corrected chi connectivity index (χ4v) is 1.13. The van der Waals surface area contributed by atoms with Gasteiger partial charge in [0.05, 0.1) is 6.61 Å². The number of hydrogen-bond acceptors (Lipinski definition) is 6. The van der Waals surface area contributed by atoms with Gasteiger partial charge < -0.3 is 20.9 Å². The zero-order valence-corrected chi connectivity index (χ0v) is 9.90. The zero-order valence-electron chi connectivity index (χ0n) is 9.90. The summed E-state index contributed by atoms with van der Waals surface area (Å²) in [6.45, 7) is 3.40. The molecule has 2 atom stereocenters. The van der Waals surface area contributed by atoms with Crippen LogP contribution in [0.1, 0.15) is 20.3 Å². The lowest BCUT2D eigenvalue weighted by Crippen LogP contribution is -2.43. The molecule has 4 N–H and O–H groups in total. The normalized spacial score (nSPS) is 14.6. The minimum absolute atomic E-state index is 0.246. The van der Waals surface area contributed by atoms with Gasteiger partial charge in [0.15, 0.2) is 0 Å². The van der Waals surface area contributed by atoms with E-state index in [-0.39, 0.29) is 5.92 Å². The Bertz CT molecular complexity index is 239. The number of hydrogen-bond donors (Lipinski definition) is 3. The topological polar surface area (TPSA) is 102 Å². The van der Waals surface area contributed by atoms with E-state index in [0.29, 0.717) is 6.42 Å². The van der Waals surface area contributed by atoms with Gasteiger partial charge in [0.25, 0.3) is 0 Å². The van der Waals surface area contributed by atoms with Gasteiger partial charge in [-0.25, -0.2) is 9.59 Å². The molecule has 6 heteroatoms. The number of likely N-dealkylation sites (N-methyl/N-ethyl adjacent to an activating group) is 1. The molecule has 0 spiro atoms. The standard InChI is InChI=1S/C10H20N2O4/c1-6(2)4-7(11)9(14)16-10(15)8(5-13)12-3/h6-8,12-13H,4-5,11H2,1-3H3/t7-,8+/m1/s1. The Kier molecular flexibility index (Phi) is 6.87. The van der Waals surface area contributed by atoms with Gasteiger partial charge in [0, 0.05) is 0 Å². The Balaban J connectivity index is 4.17. The van der Waals surface area contributed by atoms with Crippen molar-refractivity contribution in [3.63, 3.8) is 0 Å². The van der Waals surface area contributed by atoms with Crippen molar-refractivity contribution in [2.24, 2.45) is 11.7 Å². The molecule has 6 nitrogen and oxygen atoms in total.